The number of rotatable bonds is 2. The second-order valence-electron chi connectivity index (χ2n) is 4.36. The van der Waals surface area contributed by atoms with Crippen molar-refractivity contribution in [2.75, 3.05) is 0 Å². The molecule has 1 atom stereocenters. The highest BCUT2D eigenvalue weighted by molar-refractivity contribution is 5.15. The average molecular weight is 227 g/mol. The number of aliphatic hydroxyl groups excluding tert-OH is 1. The Morgan fingerprint density at radius 3 is 2.50 bits per heavy atom. The molecule has 0 bridgehead atoms. The van der Waals surface area contributed by atoms with Crippen LogP contribution in [0.1, 0.15) is 43.8 Å². The molecule has 16 heavy (non-hydrogen) atoms. The number of aromatic nitrogens is 1. The van der Waals surface area contributed by atoms with Gasteiger partial charge in [-0.3, -0.25) is 0 Å². The summed E-state index contributed by atoms with van der Waals surface area (Å²) in [6, 6.07) is 2.38. The van der Waals surface area contributed by atoms with Crippen molar-refractivity contribution in [2.45, 2.75) is 38.2 Å². The largest absolute Gasteiger partial charge is 0.388 e. The average Bonchev–Trinajstić information content (AvgIpc) is 2.29. The fourth-order valence-corrected chi connectivity index (χ4v) is 2.35. The minimum Gasteiger partial charge on any atom is -0.388 e. The molecule has 1 aliphatic rings. The van der Waals surface area contributed by atoms with Crippen LogP contribution in [0.2, 0.25) is 0 Å². The van der Waals surface area contributed by atoms with Crippen LogP contribution in [0.3, 0.4) is 0 Å². The van der Waals surface area contributed by atoms with Crippen LogP contribution in [0.5, 0.6) is 0 Å². The third-order valence-electron chi connectivity index (χ3n) is 3.26. The summed E-state index contributed by atoms with van der Waals surface area (Å²) >= 11 is 0. The van der Waals surface area contributed by atoms with E-state index in [0.29, 0.717) is 0 Å². The summed E-state index contributed by atoms with van der Waals surface area (Å²) < 4.78 is 26.0. The lowest BCUT2D eigenvalue weighted by molar-refractivity contribution is 0.0806. The van der Waals surface area contributed by atoms with Crippen LogP contribution >= 0.6 is 0 Å². The predicted octanol–water partition coefficient (Wildman–Crippen LogP) is 2.97. The molecule has 1 unspecified atom stereocenters. The summed E-state index contributed by atoms with van der Waals surface area (Å²) in [5.41, 5.74) is 0.119. The van der Waals surface area contributed by atoms with Crippen LogP contribution in [0.25, 0.3) is 0 Å². The molecule has 1 saturated carbocycles. The number of aliphatic hydroxyl groups is 1. The summed E-state index contributed by atoms with van der Waals surface area (Å²) in [7, 11) is 0. The molecule has 0 spiro atoms. The van der Waals surface area contributed by atoms with Crippen molar-refractivity contribution in [3.63, 3.8) is 0 Å². The lowest BCUT2D eigenvalue weighted by atomic mass is 9.83. The van der Waals surface area contributed by atoms with Gasteiger partial charge in [0.15, 0.2) is 0 Å². The Morgan fingerprint density at radius 2 is 1.88 bits per heavy atom. The molecule has 2 nitrogen and oxygen atoms in total. The highest BCUT2D eigenvalue weighted by Gasteiger charge is 2.25. The summed E-state index contributed by atoms with van der Waals surface area (Å²) in [4.78, 5) is 3.10. The van der Waals surface area contributed by atoms with Gasteiger partial charge in [0.05, 0.1) is 6.10 Å². The van der Waals surface area contributed by atoms with Crippen LogP contribution in [-0.4, -0.2) is 10.1 Å². The molecule has 0 aliphatic heterocycles. The van der Waals surface area contributed by atoms with Crippen molar-refractivity contribution in [2.24, 2.45) is 5.92 Å². The fraction of sp³-hybridized carbons (Fsp3) is 0.583. The Kier molecular flexibility index (Phi) is 3.49. The van der Waals surface area contributed by atoms with Gasteiger partial charge in [-0.05, 0) is 30.9 Å². The molecule has 1 aliphatic carbocycles. The Morgan fingerprint density at radius 1 is 1.19 bits per heavy atom. The normalized spacial score (nSPS) is 19.7. The van der Waals surface area contributed by atoms with Gasteiger partial charge >= 0.3 is 0 Å². The maximum absolute atomic E-state index is 13.3. The molecular formula is C12H15F2NO. The van der Waals surface area contributed by atoms with Crippen molar-refractivity contribution in [3.8, 4) is 0 Å². The van der Waals surface area contributed by atoms with Crippen LogP contribution in [-0.2, 0) is 0 Å². The molecule has 1 fully saturated rings. The zero-order chi connectivity index (χ0) is 11.5. The number of halogens is 2. The van der Waals surface area contributed by atoms with E-state index in [1.165, 1.54) is 12.5 Å². The second-order valence-corrected chi connectivity index (χ2v) is 4.36. The molecule has 88 valence electrons. The summed E-state index contributed by atoms with van der Waals surface area (Å²) in [5, 5.41) is 10.0. The quantitative estimate of drug-likeness (QED) is 0.788. The molecular weight excluding hydrogens is 212 g/mol. The van der Waals surface area contributed by atoms with Crippen LogP contribution < -0.4 is 0 Å². The van der Waals surface area contributed by atoms with Gasteiger partial charge in [-0.2, -0.15) is 13.8 Å². The van der Waals surface area contributed by atoms with Gasteiger partial charge in [0.1, 0.15) is 0 Å². The maximum atomic E-state index is 13.3. The zero-order valence-electron chi connectivity index (χ0n) is 9.00. The van der Waals surface area contributed by atoms with Gasteiger partial charge in [-0.1, -0.05) is 19.3 Å². The van der Waals surface area contributed by atoms with E-state index in [4.69, 9.17) is 0 Å². The molecule has 0 aromatic carbocycles. The van der Waals surface area contributed by atoms with Gasteiger partial charge in [-0.15, -0.1) is 0 Å². The third kappa shape index (κ3) is 2.38. The van der Waals surface area contributed by atoms with Crippen molar-refractivity contribution < 1.29 is 13.9 Å². The van der Waals surface area contributed by atoms with E-state index < -0.39 is 18.0 Å². The molecule has 0 radical (unpaired) electrons. The SMILES string of the molecule is OC(c1ccc(F)nc1F)C1CCCCC1. The van der Waals surface area contributed by atoms with Crippen LogP contribution in [0, 0.1) is 17.8 Å². The first-order chi connectivity index (χ1) is 7.68. The molecule has 4 heteroatoms. The van der Waals surface area contributed by atoms with Gasteiger partial charge in [0.2, 0.25) is 11.9 Å². The standard InChI is InChI=1S/C12H15F2NO/c13-10-7-6-9(12(14)15-10)11(16)8-4-2-1-3-5-8/h6-8,11,16H,1-5H2. The Labute approximate surface area is 93.3 Å². The first-order valence-corrected chi connectivity index (χ1v) is 5.68. The Bertz CT molecular complexity index is 364. The number of nitrogens with zero attached hydrogens (tertiary/aromatic N) is 1. The van der Waals surface area contributed by atoms with Gasteiger partial charge < -0.3 is 5.11 Å². The van der Waals surface area contributed by atoms with Crippen molar-refractivity contribution in [1.82, 2.24) is 4.98 Å². The van der Waals surface area contributed by atoms with Gasteiger partial charge in [0.25, 0.3) is 0 Å². The van der Waals surface area contributed by atoms with Crippen molar-refractivity contribution in [1.29, 1.82) is 0 Å². The van der Waals surface area contributed by atoms with Gasteiger partial charge in [-0.25, -0.2) is 0 Å². The van der Waals surface area contributed by atoms with Crippen LogP contribution in [0.15, 0.2) is 12.1 Å². The van der Waals surface area contributed by atoms with E-state index >= 15 is 0 Å². The topological polar surface area (TPSA) is 33.1 Å². The molecule has 1 aromatic rings. The maximum Gasteiger partial charge on any atom is 0.221 e. The molecule has 0 saturated heterocycles. The van der Waals surface area contributed by atoms with E-state index in [1.54, 1.807) is 0 Å². The first kappa shape index (κ1) is 11.5. The molecule has 1 aromatic heterocycles. The molecule has 1 N–H and O–H groups in total. The smallest absolute Gasteiger partial charge is 0.221 e. The van der Waals surface area contributed by atoms with E-state index in [2.05, 4.69) is 4.98 Å². The second kappa shape index (κ2) is 4.87. The Hall–Kier alpha value is -1.03. The summed E-state index contributed by atoms with van der Waals surface area (Å²) in [5.74, 6) is -1.66. The van der Waals surface area contributed by atoms with E-state index in [1.807, 2.05) is 0 Å². The molecule has 0 amide bonds. The predicted molar refractivity (Wildman–Crippen MR) is 55.7 cm³/mol. The van der Waals surface area contributed by atoms with Crippen LogP contribution in [0.4, 0.5) is 8.78 Å². The van der Waals surface area contributed by atoms with E-state index in [0.717, 1.165) is 31.7 Å². The summed E-state index contributed by atoms with van der Waals surface area (Å²) in [6.07, 6.45) is 4.26. The number of hydrogen-bond donors (Lipinski definition) is 1. The zero-order valence-corrected chi connectivity index (χ0v) is 9.00. The van der Waals surface area contributed by atoms with Crippen molar-refractivity contribution in [3.05, 3.63) is 29.6 Å². The number of hydrogen-bond acceptors (Lipinski definition) is 2. The highest BCUT2D eigenvalue weighted by Crippen LogP contribution is 2.34. The fourth-order valence-electron chi connectivity index (χ4n) is 2.35. The number of pyridine rings is 1. The first-order valence-electron chi connectivity index (χ1n) is 5.68. The molecule has 1 heterocycles. The van der Waals surface area contributed by atoms with E-state index in [9.17, 15) is 13.9 Å². The summed E-state index contributed by atoms with van der Waals surface area (Å²) in [6.45, 7) is 0. The minimum absolute atomic E-state index is 0.0792. The highest BCUT2D eigenvalue weighted by atomic mass is 19.1. The lowest BCUT2D eigenvalue weighted by Gasteiger charge is -2.26. The third-order valence-corrected chi connectivity index (χ3v) is 3.26. The Balaban J connectivity index is 2.15. The lowest BCUT2D eigenvalue weighted by Crippen LogP contribution is -2.17. The van der Waals surface area contributed by atoms with Crippen molar-refractivity contribution >= 4 is 0 Å². The minimum atomic E-state index is -0.891. The van der Waals surface area contributed by atoms with E-state index in [-0.39, 0.29) is 11.5 Å². The molecule has 2 rings (SSSR count). The monoisotopic (exact) mass is 227 g/mol. The van der Waals surface area contributed by atoms with Gasteiger partial charge in [0, 0.05) is 5.56 Å².